The fraction of sp³-hybridized carbons (Fsp3) is 0.562. The number of rotatable bonds is 3. The Morgan fingerprint density at radius 2 is 2.21 bits per heavy atom. The maximum atomic E-state index is 4.85. The van der Waals surface area contributed by atoms with Crippen LogP contribution in [0.15, 0.2) is 24.3 Å². The smallest absolute Gasteiger partial charge is 0.0944 e. The first-order valence-corrected chi connectivity index (χ1v) is 9.13. The molecule has 4 rings (SSSR count). The molecule has 1 aromatic heterocycles. The lowest BCUT2D eigenvalue weighted by atomic mass is 9.72. The predicted molar refractivity (Wildman–Crippen MR) is 85.0 cm³/mol. The Kier molecular flexibility index (Phi) is 2.96. The fourth-order valence-electron chi connectivity index (χ4n) is 4.28. The molecule has 2 aliphatic carbocycles. The zero-order valence-electron chi connectivity index (χ0n) is 10.9. The summed E-state index contributed by atoms with van der Waals surface area (Å²) >= 11 is 5.71. The zero-order chi connectivity index (χ0) is 12.9. The van der Waals surface area contributed by atoms with Gasteiger partial charge in [0.05, 0.1) is 15.2 Å². The van der Waals surface area contributed by atoms with E-state index in [9.17, 15) is 0 Å². The Bertz CT molecular complexity index is 575. The number of hydrogen-bond acceptors (Lipinski definition) is 2. The molecule has 100 valence electrons. The molecule has 0 spiro atoms. The number of nitrogens with zero attached hydrogens (tertiary/aromatic N) is 1. The highest BCUT2D eigenvalue weighted by atomic mass is 79.9. The number of aromatic nitrogens is 1. The molecule has 2 aromatic rings. The average molecular weight is 336 g/mol. The van der Waals surface area contributed by atoms with Gasteiger partial charge in [-0.1, -0.05) is 34.5 Å². The van der Waals surface area contributed by atoms with Crippen LogP contribution in [-0.4, -0.2) is 10.3 Å². The number of alkyl halides is 1. The van der Waals surface area contributed by atoms with Crippen LogP contribution >= 0.6 is 27.3 Å². The average Bonchev–Trinajstić information content (AvgIpc) is 3.11. The quantitative estimate of drug-likeness (QED) is 0.716. The van der Waals surface area contributed by atoms with Crippen LogP contribution in [0.2, 0.25) is 0 Å². The topological polar surface area (TPSA) is 12.9 Å². The van der Waals surface area contributed by atoms with E-state index in [-0.39, 0.29) is 0 Å². The van der Waals surface area contributed by atoms with Crippen LogP contribution in [0.1, 0.15) is 30.7 Å². The molecule has 3 heteroatoms. The van der Waals surface area contributed by atoms with E-state index in [0.717, 1.165) is 17.2 Å². The largest absolute Gasteiger partial charge is 0.241 e. The van der Waals surface area contributed by atoms with Gasteiger partial charge in [0.25, 0.3) is 0 Å². The van der Waals surface area contributed by atoms with E-state index in [1.807, 2.05) is 11.3 Å². The first kappa shape index (κ1) is 12.3. The summed E-state index contributed by atoms with van der Waals surface area (Å²) in [7, 11) is 0. The molecule has 0 N–H and O–H groups in total. The van der Waals surface area contributed by atoms with Crippen LogP contribution in [0, 0.1) is 17.3 Å². The Balaban J connectivity index is 1.66. The van der Waals surface area contributed by atoms with Gasteiger partial charge in [0.15, 0.2) is 0 Å². The SMILES string of the molecule is BrCC1(Cc2nc3ccccc3s2)CC2CCC1C2. The molecule has 2 saturated carbocycles. The van der Waals surface area contributed by atoms with Crippen LogP contribution in [0.3, 0.4) is 0 Å². The summed E-state index contributed by atoms with van der Waals surface area (Å²) < 4.78 is 1.34. The van der Waals surface area contributed by atoms with Crippen LogP contribution in [0.25, 0.3) is 10.2 Å². The first-order chi connectivity index (χ1) is 9.29. The second kappa shape index (κ2) is 4.56. The van der Waals surface area contributed by atoms with Crippen molar-refractivity contribution >= 4 is 37.5 Å². The second-order valence-corrected chi connectivity index (χ2v) is 8.00. The van der Waals surface area contributed by atoms with E-state index >= 15 is 0 Å². The molecule has 2 bridgehead atoms. The molecule has 0 saturated heterocycles. The number of benzene rings is 1. The Morgan fingerprint density at radius 3 is 2.89 bits per heavy atom. The predicted octanol–water partition coefficient (Wildman–Crippen LogP) is 5.04. The van der Waals surface area contributed by atoms with Crippen LogP contribution in [-0.2, 0) is 6.42 Å². The molecular formula is C16H18BrNS. The summed E-state index contributed by atoms with van der Waals surface area (Å²) in [6.45, 7) is 0. The van der Waals surface area contributed by atoms with Crippen molar-refractivity contribution in [3.8, 4) is 0 Å². The summed E-state index contributed by atoms with van der Waals surface area (Å²) in [5, 5.41) is 2.49. The van der Waals surface area contributed by atoms with E-state index in [0.29, 0.717) is 5.41 Å². The van der Waals surface area contributed by atoms with Crippen molar-refractivity contribution in [2.75, 3.05) is 5.33 Å². The highest BCUT2D eigenvalue weighted by Gasteiger charge is 2.50. The van der Waals surface area contributed by atoms with E-state index < -0.39 is 0 Å². The molecule has 1 heterocycles. The normalized spacial score (nSPS) is 33.3. The number of thiazole rings is 1. The Labute approximate surface area is 126 Å². The summed E-state index contributed by atoms with van der Waals surface area (Å²) in [6, 6.07) is 8.53. The monoisotopic (exact) mass is 335 g/mol. The van der Waals surface area contributed by atoms with Crippen molar-refractivity contribution in [1.29, 1.82) is 0 Å². The molecule has 3 atom stereocenters. The van der Waals surface area contributed by atoms with Gasteiger partial charge in [-0.3, -0.25) is 0 Å². The molecule has 3 unspecified atom stereocenters. The highest BCUT2D eigenvalue weighted by molar-refractivity contribution is 9.09. The van der Waals surface area contributed by atoms with Crippen molar-refractivity contribution in [2.45, 2.75) is 32.1 Å². The summed E-state index contributed by atoms with van der Waals surface area (Å²) in [5.74, 6) is 1.93. The van der Waals surface area contributed by atoms with Gasteiger partial charge in [0.2, 0.25) is 0 Å². The number of halogens is 1. The van der Waals surface area contributed by atoms with Crippen LogP contribution < -0.4 is 0 Å². The Hall–Kier alpha value is -0.410. The van der Waals surface area contributed by atoms with Gasteiger partial charge in [-0.15, -0.1) is 11.3 Å². The minimum Gasteiger partial charge on any atom is -0.241 e. The summed E-state index contributed by atoms with van der Waals surface area (Å²) in [6.07, 6.45) is 6.98. The third-order valence-corrected chi connectivity index (χ3v) is 7.36. The van der Waals surface area contributed by atoms with Crippen molar-refractivity contribution in [3.05, 3.63) is 29.3 Å². The third kappa shape index (κ3) is 1.97. The van der Waals surface area contributed by atoms with Gasteiger partial charge in [-0.25, -0.2) is 4.98 Å². The van der Waals surface area contributed by atoms with Crippen molar-refractivity contribution < 1.29 is 0 Å². The maximum absolute atomic E-state index is 4.85. The summed E-state index contributed by atoms with van der Waals surface area (Å²) in [4.78, 5) is 4.85. The minimum absolute atomic E-state index is 0.497. The van der Waals surface area contributed by atoms with Gasteiger partial charge >= 0.3 is 0 Å². The van der Waals surface area contributed by atoms with Crippen molar-refractivity contribution in [1.82, 2.24) is 4.98 Å². The lowest BCUT2D eigenvalue weighted by molar-refractivity contribution is 0.197. The first-order valence-electron chi connectivity index (χ1n) is 7.19. The van der Waals surface area contributed by atoms with Gasteiger partial charge in [0, 0.05) is 11.8 Å². The lowest BCUT2D eigenvalue weighted by Gasteiger charge is -2.35. The molecule has 19 heavy (non-hydrogen) atoms. The molecular weight excluding hydrogens is 318 g/mol. The molecule has 1 aromatic carbocycles. The highest BCUT2D eigenvalue weighted by Crippen LogP contribution is 2.58. The molecule has 2 aliphatic rings. The standard InChI is InChI=1S/C16H18BrNS/c17-10-16(8-11-5-6-12(16)7-11)9-15-18-13-3-1-2-4-14(13)19-15/h1-4,11-12H,5-10H2. The molecule has 1 nitrogen and oxygen atoms in total. The van der Waals surface area contributed by atoms with Gasteiger partial charge in [-0.05, 0) is 48.6 Å². The van der Waals surface area contributed by atoms with Crippen molar-refractivity contribution in [2.24, 2.45) is 17.3 Å². The second-order valence-electron chi connectivity index (χ2n) is 6.33. The van der Waals surface area contributed by atoms with E-state index in [1.165, 1.54) is 47.3 Å². The van der Waals surface area contributed by atoms with E-state index in [1.54, 1.807) is 0 Å². The Morgan fingerprint density at radius 1 is 1.32 bits per heavy atom. The third-order valence-electron chi connectivity index (χ3n) is 5.21. The number of hydrogen-bond donors (Lipinski definition) is 0. The molecule has 0 amide bonds. The van der Waals surface area contributed by atoms with Gasteiger partial charge < -0.3 is 0 Å². The number of para-hydroxylation sites is 1. The maximum Gasteiger partial charge on any atom is 0.0944 e. The fourth-order valence-corrected chi connectivity index (χ4v) is 6.29. The van der Waals surface area contributed by atoms with Crippen molar-refractivity contribution in [3.63, 3.8) is 0 Å². The number of fused-ring (bicyclic) bond motifs is 3. The summed E-state index contributed by atoms with van der Waals surface area (Å²) in [5.41, 5.74) is 1.67. The molecule has 0 radical (unpaired) electrons. The van der Waals surface area contributed by atoms with Crippen LogP contribution in [0.4, 0.5) is 0 Å². The van der Waals surface area contributed by atoms with Gasteiger partial charge in [-0.2, -0.15) is 0 Å². The lowest BCUT2D eigenvalue weighted by Crippen LogP contribution is -2.31. The van der Waals surface area contributed by atoms with E-state index in [2.05, 4.69) is 40.2 Å². The minimum atomic E-state index is 0.497. The van der Waals surface area contributed by atoms with Crippen LogP contribution in [0.5, 0.6) is 0 Å². The zero-order valence-corrected chi connectivity index (χ0v) is 13.3. The molecule has 0 aliphatic heterocycles. The van der Waals surface area contributed by atoms with E-state index in [4.69, 9.17) is 4.98 Å². The van der Waals surface area contributed by atoms with Gasteiger partial charge in [0.1, 0.15) is 0 Å². The molecule has 2 fully saturated rings.